The fourth-order valence-corrected chi connectivity index (χ4v) is 13.7. The Hall–Kier alpha value is -11.9. The van der Waals surface area contributed by atoms with E-state index in [-0.39, 0.29) is 11.4 Å². The van der Waals surface area contributed by atoms with E-state index in [1.165, 1.54) is 11.1 Å². The van der Waals surface area contributed by atoms with Crippen molar-refractivity contribution in [2.45, 2.75) is 33.9 Å². The number of para-hydroxylation sites is 4. The standard InChI is InChI=1S/C40H26F3N3.C40H26N4/c1-24-14-17-35-31(20-24)29-10-3-5-12-33(29)45(35)37-19-16-28(27-9-7-8-26(22-27)23-44)39(38(37)40(41,42)43)46-34-13-6-4-11-30(34)32-21-25(2)15-18-36(32)46;1-25-14-17-37-32(20-25)30-10-3-5-12-35(30)43(37)39-19-16-29(28-9-7-8-27(22-28)23-41)40(34(39)24-42)44-36-13-6-4-11-31(36)33-21-26(2)15-18-38(33)44/h3-22H,1-2H3;3-22H,1-2H3. The summed E-state index contributed by atoms with van der Waals surface area (Å²) < 4.78 is 55.9. The van der Waals surface area contributed by atoms with Gasteiger partial charge in [0.25, 0.3) is 0 Å². The zero-order valence-electron chi connectivity index (χ0n) is 49.4. The molecule has 90 heavy (non-hydrogen) atoms. The summed E-state index contributed by atoms with van der Waals surface area (Å²) in [6.07, 6.45) is -4.75. The van der Waals surface area contributed by atoms with Crippen LogP contribution in [-0.4, -0.2) is 18.3 Å². The normalized spacial score (nSPS) is 11.7. The summed E-state index contributed by atoms with van der Waals surface area (Å²) in [7, 11) is 0. The highest BCUT2D eigenvalue weighted by Crippen LogP contribution is 2.49. The second kappa shape index (κ2) is 21.2. The number of aromatic nitrogens is 4. The van der Waals surface area contributed by atoms with Crippen molar-refractivity contribution in [3.05, 3.63) is 287 Å². The number of hydrogen-bond acceptors (Lipinski definition) is 3. The van der Waals surface area contributed by atoms with Crippen molar-refractivity contribution < 1.29 is 13.2 Å². The third-order valence-electron chi connectivity index (χ3n) is 17.6. The van der Waals surface area contributed by atoms with Gasteiger partial charge in [-0.25, -0.2) is 0 Å². The SMILES string of the molecule is Cc1ccc2c(c1)c1ccccc1n2-c1ccc(-c2cccc(C#N)c2)c(-n2c3ccccc3c3cc(C)ccc32)c1C#N.Cc1ccc2c(c1)c1ccccc1n2-c1ccc(-c2cccc(C#N)c2)c(-n2c3ccccc3c3cc(C)ccc32)c1C(F)(F)F. The van der Waals surface area contributed by atoms with Crippen molar-refractivity contribution in [1.82, 2.24) is 18.3 Å². The second-order valence-electron chi connectivity index (χ2n) is 23.2. The third-order valence-corrected chi connectivity index (χ3v) is 17.6. The summed E-state index contributed by atoms with van der Waals surface area (Å²) in [5.41, 5.74) is 16.4. The summed E-state index contributed by atoms with van der Waals surface area (Å²) in [6, 6.07) is 85.7. The highest BCUT2D eigenvalue weighted by Gasteiger charge is 2.40. The maximum atomic E-state index is 16.0. The number of rotatable bonds is 6. The largest absolute Gasteiger partial charge is 0.420 e. The molecule has 16 rings (SSSR count). The van der Waals surface area contributed by atoms with Crippen molar-refractivity contribution in [2.75, 3.05) is 0 Å². The van der Waals surface area contributed by atoms with Gasteiger partial charge in [-0.3, -0.25) is 0 Å². The van der Waals surface area contributed by atoms with Gasteiger partial charge in [-0.1, -0.05) is 156 Å². The van der Waals surface area contributed by atoms with Gasteiger partial charge < -0.3 is 18.3 Å². The van der Waals surface area contributed by atoms with Crippen LogP contribution >= 0.6 is 0 Å². The fraction of sp³-hybridized carbons (Fsp3) is 0.0625. The molecule has 4 aromatic heterocycles. The number of hydrogen-bond donors (Lipinski definition) is 0. The van der Waals surface area contributed by atoms with E-state index in [1.54, 1.807) is 45.5 Å². The third kappa shape index (κ3) is 8.70. The van der Waals surface area contributed by atoms with E-state index in [9.17, 15) is 15.8 Å². The summed E-state index contributed by atoms with van der Waals surface area (Å²) in [6.45, 7) is 8.18. The van der Waals surface area contributed by atoms with Crippen LogP contribution < -0.4 is 0 Å². The van der Waals surface area contributed by atoms with Crippen LogP contribution in [0.3, 0.4) is 0 Å². The first-order valence-electron chi connectivity index (χ1n) is 29.6. The lowest BCUT2D eigenvalue weighted by Crippen LogP contribution is -2.16. The Balaban J connectivity index is 0.000000150. The first-order chi connectivity index (χ1) is 43.8. The Bertz CT molecular complexity index is 5830. The minimum Gasteiger partial charge on any atom is -0.309 e. The van der Waals surface area contributed by atoms with Crippen LogP contribution in [0.15, 0.2) is 243 Å². The van der Waals surface area contributed by atoms with Crippen molar-refractivity contribution in [2.24, 2.45) is 0 Å². The van der Waals surface area contributed by atoms with Crippen molar-refractivity contribution in [3.8, 4) is 63.2 Å². The van der Waals surface area contributed by atoms with E-state index in [0.717, 1.165) is 98.8 Å². The Morgan fingerprint density at radius 1 is 0.300 bits per heavy atom. The van der Waals surface area contributed by atoms with E-state index in [2.05, 4.69) is 132 Å². The van der Waals surface area contributed by atoms with Crippen LogP contribution in [0.2, 0.25) is 0 Å². The lowest BCUT2D eigenvalue weighted by molar-refractivity contribution is -0.137. The number of alkyl halides is 3. The van der Waals surface area contributed by atoms with E-state index in [0.29, 0.717) is 49.9 Å². The molecule has 0 atom stereocenters. The highest BCUT2D eigenvalue weighted by molar-refractivity contribution is 6.14. The molecule has 0 spiro atoms. The molecule has 0 aliphatic heterocycles. The minimum atomic E-state index is -4.75. The lowest BCUT2D eigenvalue weighted by atomic mass is 9.96. The number of aryl methyl sites for hydroxylation is 4. The molecule has 4 heterocycles. The van der Waals surface area contributed by atoms with Gasteiger partial charge in [-0.15, -0.1) is 0 Å². The molecule has 0 saturated heterocycles. The van der Waals surface area contributed by atoms with Gasteiger partial charge in [0, 0.05) is 54.2 Å². The molecule has 10 heteroatoms. The predicted octanol–water partition coefficient (Wildman–Crippen LogP) is 21.0. The van der Waals surface area contributed by atoms with Crippen molar-refractivity contribution in [1.29, 1.82) is 15.8 Å². The minimum absolute atomic E-state index is 0.0215. The molecule has 0 bridgehead atoms. The molecule has 0 aliphatic carbocycles. The Morgan fingerprint density at radius 2 is 0.633 bits per heavy atom. The van der Waals surface area contributed by atoms with Crippen molar-refractivity contribution in [3.63, 3.8) is 0 Å². The quantitative estimate of drug-likeness (QED) is 0.166. The van der Waals surface area contributed by atoms with Crippen LogP contribution in [0.25, 0.3) is 132 Å². The van der Waals surface area contributed by atoms with E-state index < -0.39 is 11.7 Å². The monoisotopic (exact) mass is 1170 g/mol. The summed E-state index contributed by atoms with van der Waals surface area (Å²) >= 11 is 0. The molecule has 0 fully saturated rings. The molecule has 0 aliphatic rings. The number of benzene rings is 12. The summed E-state index contributed by atoms with van der Waals surface area (Å²) in [5, 5.41) is 38.7. The second-order valence-corrected chi connectivity index (χ2v) is 23.2. The van der Waals surface area contributed by atoms with Crippen LogP contribution in [0, 0.1) is 61.7 Å². The van der Waals surface area contributed by atoms with Crippen LogP contribution in [0.4, 0.5) is 13.2 Å². The zero-order valence-corrected chi connectivity index (χ0v) is 49.4. The molecule has 0 amide bonds. The lowest BCUT2D eigenvalue weighted by Gasteiger charge is -2.24. The molecule has 0 radical (unpaired) electrons. The highest BCUT2D eigenvalue weighted by atomic mass is 19.4. The van der Waals surface area contributed by atoms with Crippen LogP contribution in [0.5, 0.6) is 0 Å². The average Bonchev–Trinajstić information content (AvgIpc) is 1.50. The van der Waals surface area contributed by atoms with Gasteiger partial charge in [-0.2, -0.15) is 29.0 Å². The molecule has 428 valence electrons. The van der Waals surface area contributed by atoms with Crippen molar-refractivity contribution >= 4 is 87.2 Å². The summed E-state index contributed by atoms with van der Waals surface area (Å²) in [5.74, 6) is 0. The first-order valence-corrected chi connectivity index (χ1v) is 29.6. The molecule has 0 saturated carbocycles. The van der Waals surface area contributed by atoms with Gasteiger partial charge in [0.2, 0.25) is 0 Å². The zero-order chi connectivity index (χ0) is 61.7. The Kier molecular flexibility index (Phi) is 12.9. The average molecular weight is 1170 g/mol. The molecule has 16 aromatic rings. The fourth-order valence-electron chi connectivity index (χ4n) is 13.7. The van der Waals surface area contributed by atoms with Gasteiger partial charge in [0.05, 0.1) is 90.1 Å². The van der Waals surface area contributed by atoms with Gasteiger partial charge in [0.15, 0.2) is 0 Å². The van der Waals surface area contributed by atoms with Gasteiger partial charge in [-0.05, 0) is 148 Å². The van der Waals surface area contributed by atoms with Crippen LogP contribution in [-0.2, 0) is 6.18 Å². The smallest absolute Gasteiger partial charge is 0.309 e. The molecular weight excluding hydrogens is 1120 g/mol. The number of halogens is 3. The topological polar surface area (TPSA) is 91.1 Å². The summed E-state index contributed by atoms with van der Waals surface area (Å²) in [4.78, 5) is 0. The van der Waals surface area contributed by atoms with Crippen LogP contribution in [0.1, 0.15) is 44.5 Å². The molecular formula is C80H52F3N7. The molecule has 7 nitrogen and oxygen atoms in total. The maximum Gasteiger partial charge on any atom is 0.420 e. The molecule has 12 aromatic carbocycles. The predicted molar refractivity (Wildman–Crippen MR) is 359 cm³/mol. The van der Waals surface area contributed by atoms with E-state index >= 15 is 13.2 Å². The Morgan fingerprint density at radius 3 is 1.02 bits per heavy atom. The van der Waals surface area contributed by atoms with Gasteiger partial charge in [0.1, 0.15) is 17.2 Å². The number of fused-ring (bicyclic) bond motifs is 12. The number of nitriles is 3. The molecule has 0 N–H and O–H groups in total. The Labute approximate surface area is 516 Å². The number of nitrogens with zero attached hydrogens (tertiary/aromatic N) is 7. The van der Waals surface area contributed by atoms with E-state index in [4.69, 9.17) is 0 Å². The molecule has 0 unspecified atom stereocenters. The maximum absolute atomic E-state index is 16.0. The van der Waals surface area contributed by atoms with Gasteiger partial charge >= 0.3 is 6.18 Å². The first kappa shape index (κ1) is 54.7. The van der Waals surface area contributed by atoms with E-state index in [1.807, 2.05) is 129 Å².